The maximum absolute atomic E-state index is 4.47. The Labute approximate surface area is 123 Å². The number of rotatable bonds is 4. The second-order valence-electron chi connectivity index (χ2n) is 5.11. The molecule has 1 fully saturated rings. The Kier molecular flexibility index (Phi) is 3.86. The molecule has 3 rings (SSSR count). The predicted octanol–water partition coefficient (Wildman–Crippen LogP) is 1.91. The van der Waals surface area contributed by atoms with Crippen molar-refractivity contribution in [3.05, 3.63) is 18.2 Å². The lowest BCUT2D eigenvalue weighted by Crippen LogP contribution is -2.40. The fourth-order valence-electron chi connectivity index (χ4n) is 2.52. The number of hydrogen-bond donors (Lipinski definition) is 1. The quantitative estimate of drug-likeness (QED) is 0.933. The Morgan fingerprint density at radius 3 is 2.80 bits per heavy atom. The maximum Gasteiger partial charge on any atom is 0.205 e. The largest absolute Gasteiger partial charge is 0.357 e. The summed E-state index contributed by atoms with van der Waals surface area (Å²) >= 11 is 1.47. The summed E-state index contributed by atoms with van der Waals surface area (Å²) in [4.78, 5) is 11.2. The number of piperidine rings is 1. The third-order valence-corrected chi connectivity index (χ3v) is 4.37. The molecule has 0 bridgehead atoms. The van der Waals surface area contributed by atoms with Crippen molar-refractivity contribution in [3.63, 3.8) is 0 Å². The molecule has 6 nitrogen and oxygen atoms in total. The molecule has 0 aromatic carbocycles. The molecular formula is C13H20N6S. The van der Waals surface area contributed by atoms with Crippen LogP contribution in [0, 0.1) is 0 Å². The van der Waals surface area contributed by atoms with Crippen LogP contribution in [0.5, 0.6) is 0 Å². The molecule has 7 heteroatoms. The van der Waals surface area contributed by atoms with Crippen LogP contribution in [-0.2, 0) is 13.5 Å². The molecule has 108 valence electrons. The van der Waals surface area contributed by atoms with Crippen molar-refractivity contribution in [2.75, 3.05) is 23.3 Å². The molecule has 1 N–H and O–H groups in total. The summed E-state index contributed by atoms with van der Waals surface area (Å²) in [6.45, 7) is 4.14. The number of anilines is 2. The summed E-state index contributed by atoms with van der Waals surface area (Å²) in [6, 6.07) is 0.490. The molecular weight excluding hydrogens is 272 g/mol. The van der Waals surface area contributed by atoms with Gasteiger partial charge in [0.1, 0.15) is 5.82 Å². The van der Waals surface area contributed by atoms with E-state index in [1.807, 2.05) is 19.4 Å². The molecule has 20 heavy (non-hydrogen) atoms. The molecule has 0 saturated carbocycles. The SMILES string of the molecule is CCc1nsc(NC2CCN(c3nccn3C)CC2)n1. The number of imidazole rings is 1. The van der Waals surface area contributed by atoms with Gasteiger partial charge in [0.05, 0.1) is 0 Å². The van der Waals surface area contributed by atoms with Crippen LogP contribution in [0.1, 0.15) is 25.6 Å². The Morgan fingerprint density at radius 1 is 1.40 bits per heavy atom. The molecule has 0 unspecified atom stereocenters. The van der Waals surface area contributed by atoms with E-state index in [-0.39, 0.29) is 0 Å². The highest BCUT2D eigenvalue weighted by Gasteiger charge is 2.22. The summed E-state index contributed by atoms with van der Waals surface area (Å²) in [7, 11) is 2.04. The molecule has 0 spiro atoms. The van der Waals surface area contributed by atoms with Crippen molar-refractivity contribution in [2.24, 2.45) is 7.05 Å². The highest BCUT2D eigenvalue weighted by Crippen LogP contribution is 2.21. The molecule has 0 atom stereocenters. The van der Waals surface area contributed by atoms with Crippen LogP contribution in [0.25, 0.3) is 0 Å². The van der Waals surface area contributed by atoms with E-state index < -0.39 is 0 Å². The van der Waals surface area contributed by atoms with Crippen LogP contribution in [0.4, 0.5) is 11.1 Å². The molecule has 1 aliphatic heterocycles. The van der Waals surface area contributed by atoms with Crippen LogP contribution >= 0.6 is 11.5 Å². The minimum absolute atomic E-state index is 0.490. The van der Waals surface area contributed by atoms with Crippen LogP contribution in [0.2, 0.25) is 0 Å². The van der Waals surface area contributed by atoms with Crippen molar-refractivity contribution < 1.29 is 0 Å². The third kappa shape index (κ3) is 2.77. The zero-order valence-electron chi connectivity index (χ0n) is 11.9. The fraction of sp³-hybridized carbons (Fsp3) is 0.615. The fourth-order valence-corrected chi connectivity index (χ4v) is 3.24. The maximum atomic E-state index is 4.47. The van der Waals surface area contributed by atoms with Crippen molar-refractivity contribution >= 4 is 22.6 Å². The smallest absolute Gasteiger partial charge is 0.205 e. The monoisotopic (exact) mass is 292 g/mol. The topological polar surface area (TPSA) is 58.9 Å². The molecule has 1 saturated heterocycles. The van der Waals surface area contributed by atoms with E-state index in [1.54, 1.807) is 0 Å². The Morgan fingerprint density at radius 2 is 2.20 bits per heavy atom. The standard InChI is InChI=1S/C13H20N6S/c1-3-11-16-12(20-17-11)15-10-4-7-19(8-5-10)13-14-6-9-18(13)2/h6,9-10H,3-5,7-8H2,1-2H3,(H,15,16,17). The summed E-state index contributed by atoms with van der Waals surface area (Å²) in [5.41, 5.74) is 0. The number of aromatic nitrogens is 4. The van der Waals surface area contributed by atoms with Crippen LogP contribution in [0.3, 0.4) is 0 Å². The van der Waals surface area contributed by atoms with Crippen LogP contribution < -0.4 is 10.2 Å². The first kappa shape index (κ1) is 13.4. The van der Waals surface area contributed by atoms with E-state index in [0.29, 0.717) is 6.04 Å². The second-order valence-corrected chi connectivity index (χ2v) is 5.86. The van der Waals surface area contributed by atoms with Gasteiger partial charge in [-0.1, -0.05) is 6.92 Å². The highest BCUT2D eigenvalue weighted by atomic mass is 32.1. The Hall–Kier alpha value is -1.63. The lowest BCUT2D eigenvalue weighted by atomic mass is 10.1. The zero-order chi connectivity index (χ0) is 13.9. The average molecular weight is 292 g/mol. The van der Waals surface area contributed by atoms with Gasteiger partial charge in [0, 0.05) is 56.5 Å². The van der Waals surface area contributed by atoms with E-state index in [1.165, 1.54) is 11.5 Å². The van der Waals surface area contributed by atoms with Gasteiger partial charge in [-0.2, -0.15) is 4.37 Å². The zero-order valence-corrected chi connectivity index (χ0v) is 12.7. The molecule has 1 aliphatic rings. The first-order chi connectivity index (χ1) is 9.76. The summed E-state index contributed by atoms with van der Waals surface area (Å²) in [6.07, 6.45) is 6.96. The lowest BCUT2D eigenvalue weighted by Gasteiger charge is -2.32. The van der Waals surface area contributed by atoms with E-state index in [0.717, 1.165) is 49.3 Å². The summed E-state index contributed by atoms with van der Waals surface area (Å²) in [5.74, 6) is 2.00. The van der Waals surface area contributed by atoms with Gasteiger partial charge >= 0.3 is 0 Å². The van der Waals surface area contributed by atoms with Crippen LogP contribution in [0.15, 0.2) is 12.4 Å². The van der Waals surface area contributed by atoms with Gasteiger partial charge in [-0.05, 0) is 12.8 Å². The predicted molar refractivity (Wildman–Crippen MR) is 81.4 cm³/mol. The normalized spacial score (nSPS) is 16.6. The number of nitrogens with one attached hydrogen (secondary N) is 1. The molecule has 3 heterocycles. The van der Waals surface area contributed by atoms with Gasteiger partial charge in [-0.3, -0.25) is 0 Å². The molecule has 0 aliphatic carbocycles. The van der Waals surface area contributed by atoms with E-state index in [9.17, 15) is 0 Å². The van der Waals surface area contributed by atoms with E-state index >= 15 is 0 Å². The Balaban J connectivity index is 1.55. The molecule has 0 radical (unpaired) electrons. The first-order valence-electron chi connectivity index (χ1n) is 7.07. The second kappa shape index (κ2) is 5.78. The van der Waals surface area contributed by atoms with Gasteiger partial charge in [-0.15, -0.1) is 0 Å². The number of aryl methyl sites for hydroxylation is 2. The Bertz CT molecular complexity index is 555. The van der Waals surface area contributed by atoms with Gasteiger partial charge in [0.25, 0.3) is 0 Å². The number of hydrogen-bond acceptors (Lipinski definition) is 6. The van der Waals surface area contributed by atoms with Gasteiger partial charge in [-0.25, -0.2) is 9.97 Å². The van der Waals surface area contributed by atoms with Crippen molar-refractivity contribution in [2.45, 2.75) is 32.2 Å². The minimum atomic E-state index is 0.490. The molecule has 2 aromatic heterocycles. The molecule has 2 aromatic rings. The first-order valence-corrected chi connectivity index (χ1v) is 7.85. The van der Waals surface area contributed by atoms with E-state index in [2.05, 4.69) is 36.0 Å². The van der Waals surface area contributed by atoms with Gasteiger partial charge in [0.2, 0.25) is 11.1 Å². The van der Waals surface area contributed by atoms with Crippen molar-refractivity contribution in [1.29, 1.82) is 0 Å². The molecule has 0 amide bonds. The van der Waals surface area contributed by atoms with Gasteiger partial charge in [0.15, 0.2) is 0 Å². The highest BCUT2D eigenvalue weighted by molar-refractivity contribution is 7.09. The summed E-state index contributed by atoms with van der Waals surface area (Å²) in [5, 5.41) is 4.46. The third-order valence-electron chi connectivity index (χ3n) is 3.69. The van der Waals surface area contributed by atoms with Crippen molar-refractivity contribution in [3.8, 4) is 0 Å². The lowest BCUT2D eigenvalue weighted by molar-refractivity contribution is 0.516. The van der Waals surface area contributed by atoms with Crippen LogP contribution in [-0.4, -0.2) is 38.0 Å². The van der Waals surface area contributed by atoms with Crippen molar-refractivity contribution in [1.82, 2.24) is 18.9 Å². The summed E-state index contributed by atoms with van der Waals surface area (Å²) < 4.78 is 6.39. The van der Waals surface area contributed by atoms with Gasteiger partial charge < -0.3 is 14.8 Å². The average Bonchev–Trinajstić information content (AvgIpc) is 3.09. The minimum Gasteiger partial charge on any atom is -0.357 e. The van der Waals surface area contributed by atoms with E-state index in [4.69, 9.17) is 0 Å². The number of nitrogens with zero attached hydrogens (tertiary/aromatic N) is 5.